The van der Waals surface area contributed by atoms with Gasteiger partial charge in [0, 0.05) is 38.3 Å². The molecule has 2 heterocycles. The maximum atomic E-state index is 12.1. The fraction of sp³-hybridized carbons (Fsp3) is 0.500. The molecule has 0 aliphatic carbocycles. The minimum Gasteiger partial charge on any atom is -0.497 e. The van der Waals surface area contributed by atoms with Gasteiger partial charge < -0.3 is 20.1 Å². The molecule has 1 amide bonds. The number of aromatic nitrogens is 3. The lowest BCUT2D eigenvalue weighted by Crippen LogP contribution is -2.45. The summed E-state index contributed by atoms with van der Waals surface area (Å²) < 4.78 is 6.83. The molecule has 1 aromatic heterocycles. The normalized spacial score (nSPS) is 16.0. The number of hydrogen-bond acceptors (Lipinski definition) is 6. The standard InChI is InChI=1S/C16H21N5O4/c1-25-12-2-3-13-14(10-12)21(15(22)19-18-13)9-8-20-6-4-11(5-7-20)17-16(23)24/h2-3,10-11,17H,4-9H2,1H3,(H,23,24). The Kier molecular flexibility index (Phi) is 5.13. The van der Waals surface area contributed by atoms with E-state index in [4.69, 9.17) is 9.84 Å². The number of piperidine rings is 1. The Balaban J connectivity index is 1.68. The highest BCUT2D eigenvalue weighted by Gasteiger charge is 2.20. The van der Waals surface area contributed by atoms with E-state index in [0.29, 0.717) is 29.9 Å². The SMILES string of the molecule is COc1ccc2nnc(=O)n(CCN3CCC(NC(=O)O)CC3)c2c1. The summed E-state index contributed by atoms with van der Waals surface area (Å²) in [4.78, 5) is 25.0. The number of rotatable bonds is 5. The van der Waals surface area contributed by atoms with E-state index in [0.717, 1.165) is 25.9 Å². The molecule has 1 fully saturated rings. The molecule has 25 heavy (non-hydrogen) atoms. The van der Waals surface area contributed by atoms with Gasteiger partial charge in [0.25, 0.3) is 0 Å². The summed E-state index contributed by atoms with van der Waals surface area (Å²) in [6.45, 7) is 2.77. The third kappa shape index (κ3) is 4.05. The molecule has 9 heteroatoms. The van der Waals surface area contributed by atoms with E-state index < -0.39 is 6.09 Å². The van der Waals surface area contributed by atoms with Crippen molar-refractivity contribution in [2.75, 3.05) is 26.7 Å². The number of nitrogens with zero attached hydrogens (tertiary/aromatic N) is 4. The molecule has 0 saturated carbocycles. The van der Waals surface area contributed by atoms with Gasteiger partial charge in [-0.25, -0.2) is 9.59 Å². The Bertz CT molecular complexity index is 814. The number of nitrogens with one attached hydrogen (secondary N) is 1. The predicted molar refractivity (Wildman–Crippen MR) is 91.0 cm³/mol. The molecule has 1 aliphatic heterocycles. The van der Waals surface area contributed by atoms with Gasteiger partial charge in [0.05, 0.1) is 12.6 Å². The summed E-state index contributed by atoms with van der Waals surface area (Å²) in [5, 5.41) is 18.9. The number of fused-ring (bicyclic) bond motifs is 1. The van der Waals surface area contributed by atoms with Crippen LogP contribution < -0.4 is 15.7 Å². The highest BCUT2D eigenvalue weighted by molar-refractivity contribution is 5.75. The molecule has 0 unspecified atom stereocenters. The van der Waals surface area contributed by atoms with Crippen molar-refractivity contribution in [2.24, 2.45) is 0 Å². The quantitative estimate of drug-likeness (QED) is 0.812. The van der Waals surface area contributed by atoms with Crippen LogP contribution in [-0.2, 0) is 6.54 Å². The molecule has 134 valence electrons. The van der Waals surface area contributed by atoms with Crippen molar-refractivity contribution in [3.8, 4) is 5.75 Å². The third-order valence-corrected chi connectivity index (χ3v) is 4.50. The molecule has 0 bridgehead atoms. The van der Waals surface area contributed by atoms with Crippen molar-refractivity contribution in [3.05, 3.63) is 28.7 Å². The zero-order valence-corrected chi connectivity index (χ0v) is 14.0. The highest BCUT2D eigenvalue weighted by atomic mass is 16.5. The fourth-order valence-electron chi connectivity index (χ4n) is 3.12. The average Bonchev–Trinajstić information content (AvgIpc) is 2.61. The summed E-state index contributed by atoms with van der Waals surface area (Å²) in [6, 6.07) is 5.35. The van der Waals surface area contributed by atoms with E-state index in [1.807, 2.05) is 0 Å². The number of amides is 1. The first-order chi connectivity index (χ1) is 12.1. The Morgan fingerprint density at radius 2 is 2.08 bits per heavy atom. The molecule has 0 radical (unpaired) electrons. The number of carboxylic acid groups (broad SMARTS) is 1. The summed E-state index contributed by atoms with van der Waals surface area (Å²) in [7, 11) is 1.58. The summed E-state index contributed by atoms with van der Waals surface area (Å²) in [6.07, 6.45) is 0.558. The van der Waals surface area contributed by atoms with Crippen LogP contribution in [0.2, 0.25) is 0 Å². The number of ether oxygens (including phenoxy) is 1. The maximum absolute atomic E-state index is 12.1. The number of methoxy groups -OCH3 is 1. The Morgan fingerprint density at radius 3 is 2.76 bits per heavy atom. The van der Waals surface area contributed by atoms with Crippen LogP contribution in [0.25, 0.3) is 11.0 Å². The first kappa shape index (κ1) is 17.2. The van der Waals surface area contributed by atoms with E-state index in [-0.39, 0.29) is 11.7 Å². The Labute approximate surface area is 144 Å². The minimum atomic E-state index is -0.978. The van der Waals surface area contributed by atoms with Crippen molar-refractivity contribution in [1.29, 1.82) is 0 Å². The van der Waals surface area contributed by atoms with Crippen LogP contribution in [0.15, 0.2) is 23.0 Å². The van der Waals surface area contributed by atoms with Gasteiger partial charge in [-0.2, -0.15) is 0 Å². The molecule has 9 nitrogen and oxygen atoms in total. The van der Waals surface area contributed by atoms with E-state index in [9.17, 15) is 9.59 Å². The molecule has 1 aromatic carbocycles. The van der Waals surface area contributed by atoms with Gasteiger partial charge in [-0.15, -0.1) is 5.10 Å². The third-order valence-electron chi connectivity index (χ3n) is 4.50. The van der Waals surface area contributed by atoms with Crippen LogP contribution in [0.1, 0.15) is 12.8 Å². The van der Waals surface area contributed by atoms with Gasteiger partial charge in [-0.05, 0) is 25.0 Å². The molecule has 1 aliphatic rings. The molecule has 3 rings (SSSR count). The largest absolute Gasteiger partial charge is 0.497 e. The van der Waals surface area contributed by atoms with E-state index in [1.165, 1.54) is 0 Å². The monoisotopic (exact) mass is 347 g/mol. The maximum Gasteiger partial charge on any atom is 0.404 e. The highest BCUT2D eigenvalue weighted by Crippen LogP contribution is 2.17. The zero-order valence-electron chi connectivity index (χ0n) is 14.0. The summed E-state index contributed by atoms with van der Waals surface area (Å²) in [5.41, 5.74) is 0.953. The fourth-order valence-corrected chi connectivity index (χ4v) is 3.12. The molecule has 0 atom stereocenters. The van der Waals surface area contributed by atoms with Gasteiger partial charge in [-0.3, -0.25) is 4.57 Å². The van der Waals surface area contributed by atoms with Crippen molar-refractivity contribution in [2.45, 2.75) is 25.4 Å². The molecule has 0 spiro atoms. The van der Waals surface area contributed by atoms with E-state index in [1.54, 1.807) is 29.9 Å². The van der Waals surface area contributed by atoms with Gasteiger partial charge >= 0.3 is 11.8 Å². The van der Waals surface area contributed by atoms with Crippen LogP contribution in [0.3, 0.4) is 0 Å². The topological polar surface area (TPSA) is 110 Å². The number of hydrogen-bond donors (Lipinski definition) is 2. The zero-order chi connectivity index (χ0) is 17.8. The summed E-state index contributed by atoms with van der Waals surface area (Å²) >= 11 is 0. The number of benzene rings is 1. The van der Waals surface area contributed by atoms with Crippen LogP contribution in [-0.4, -0.2) is 63.7 Å². The second-order valence-electron chi connectivity index (χ2n) is 6.05. The van der Waals surface area contributed by atoms with Crippen molar-refractivity contribution < 1.29 is 14.6 Å². The van der Waals surface area contributed by atoms with E-state index >= 15 is 0 Å². The van der Waals surface area contributed by atoms with Gasteiger partial charge in [-0.1, -0.05) is 5.10 Å². The lowest BCUT2D eigenvalue weighted by molar-refractivity contribution is 0.166. The van der Waals surface area contributed by atoms with Crippen LogP contribution >= 0.6 is 0 Å². The molecule has 1 saturated heterocycles. The molecular weight excluding hydrogens is 326 g/mol. The molecular formula is C16H21N5O4. The lowest BCUT2D eigenvalue weighted by Gasteiger charge is -2.31. The first-order valence-corrected chi connectivity index (χ1v) is 8.20. The van der Waals surface area contributed by atoms with Crippen LogP contribution in [0.4, 0.5) is 4.79 Å². The Hall–Kier alpha value is -2.68. The second kappa shape index (κ2) is 7.47. The van der Waals surface area contributed by atoms with Crippen molar-refractivity contribution in [1.82, 2.24) is 25.0 Å². The smallest absolute Gasteiger partial charge is 0.404 e. The summed E-state index contributed by atoms with van der Waals surface area (Å²) in [5.74, 6) is 0.661. The van der Waals surface area contributed by atoms with Gasteiger partial charge in [0.15, 0.2) is 0 Å². The van der Waals surface area contributed by atoms with Crippen molar-refractivity contribution in [3.63, 3.8) is 0 Å². The predicted octanol–water partition coefficient (Wildman–Crippen LogP) is 0.532. The van der Waals surface area contributed by atoms with Crippen LogP contribution in [0, 0.1) is 0 Å². The molecule has 2 aromatic rings. The van der Waals surface area contributed by atoms with E-state index in [2.05, 4.69) is 20.4 Å². The van der Waals surface area contributed by atoms with Crippen LogP contribution in [0.5, 0.6) is 5.75 Å². The first-order valence-electron chi connectivity index (χ1n) is 8.20. The second-order valence-corrected chi connectivity index (χ2v) is 6.05. The van der Waals surface area contributed by atoms with Gasteiger partial charge in [0.2, 0.25) is 0 Å². The Morgan fingerprint density at radius 1 is 1.32 bits per heavy atom. The minimum absolute atomic E-state index is 0.00385. The van der Waals surface area contributed by atoms with Gasteiger partial charge in [0.1, 0.15) is 11.3 Å². The molecule has 2 N–H and O–H groups in total. The average molecular weight is 347 g/mol. The van der Waals surface area contributed by atoms with Crippen molar-refractivity contribution >= 4 is 17.1 Å². The lowest BCUT2D eigenvalue weighted by atomic mass is 10.1. The number of likely N-dealkylation sites (tertiary alicyclic amines) is 1. The number of carbonyl (C=O) groups is 1.